The number of aryl methyl sites for hydroxylation is 1. The second-order valence-electron chi connectivity index (χ2n) is 5.03. The molecule has 0 unspecified atom stereocenters. The Bertz CT molecular complexity index is 653. The third-order valence-corrected chi connectivity index (χ3v) is 3.57. The number of rotatable bonds is 6. The number of ether oxygens (including phenoxy) is 2. The molecule has 116 valence electrons. The fraction of sp³-hybridized carbons (Fsp3) is 0.278. The maximum absolute atomic E-state index is 12.1. The lowest BCUT2D eigenvalue weighted by molar-refractivity contribution is -0.120. The van der Waals surface area contributed by atoms with Crippen LogP contribution in [0.25, 0.3) is 0 Å². The molecule has 0 fully saturated rings. The number of methoxy groups -OCH3 is 2. The molecule has 0 radical (unpaired) electrons. The average molecular weight is 299 g/mol. The van der Waals surface area contributed by atoms with Crippen LogP contribution < -0.4 is 14.8 Å². The largest absolute Gasteiger partial charge is 0.493 e. The molecule has 0 spiro atoms. The Morgan fingerprint density at radius 2 is 1.73 bits per heavy atom. The minimum Gasteiger partial charge on any atom is -0.493 e. The van der Waals surface area contributed by atoms with E-state index in [2.05, 4.69) is 5.32 Å². The van der Waals surface area contributed by atoms with Gasteiger partial charge in [0.15, 0.2) is 11.5 Å². The van der Waals surface area contributed by atoms with Crippen molar-refractivity contribution < 1.29 is 14.3 Å². The number of amides is 1. The number of carbonyl (C=O) groups excluding carboxylic acids is 1. The molecule has 2 aromatic rings. The average Bonchev–Trinajstić information content (AvgIpc) is 2.54. The van der Waals surface area contributed by atoms with Crippen molar-refractivity contribution in [3.05, 3.63) is 59.2 Å². The molecule has 1 amide bonds. The van der Waals surface area contributed by atoms with Gasteiger partial charge in [-0.2, -0.15) is 0 Å². The normalized spacial score (nSPS) is 10.1. The highest BCUT2D eigenvalue weighted by molar-refractivity contribution is 5.79. The fourth-order valence-electron chi connectivity index (χ4n) is 2.33. The Morgan fingerprint density at radius 1 is 1.00 bits per heavy atom. The van der Waals surface area contributed by atoms with Crippen LogP contribution in [0.15, 0.2) is 42.5 Å². The van der Waals surface area contributed by atoms with Gasteiger partial charge in [0, 0.05) is 12.1 Å². The molecule has 0 saturated heterocycles. The Balaban J connectivity index is 2.01. The summed E-state index contributed by atoms with van der Waals surface area (Å²) in [5.74, 6) is 1.30. The molecular weight excluding hydrogens is 278 g/mol. The van der Waals surface area contributed by atoms with Crippen molar-refractivity contribution in [2.24, 2.45) is 0 Å². The first kappa shape index (κ1) is 15.9. The van der Waals surface area contributed by atoms with Gasteiger partial charge >= 0.3 is 0 Å². The van der Waals surface area contributed by atoms with E-state index in [0.29, 0.717) is 24.5 Å². The zero-order valence-electron chi connectivity index (χ0n) is 13.2. The lowest BCUT2D eigenvalue weighted by Crippen LogP contribution is -2.25. The summed E-state index contributed by atoms with van der Waals surface area (Å²) < 4.78 is 10.6. The molecule has 0 bridgehead atoms. The summed E-state index contributed by atoms with van der Waals surface area (Å²) in [7, 11) is 3.19. The number of carbonyl (C=O) groups is 1. The van der Waals surface area contributed by atoms with E-state index in [1.807, 2.05) is 49.4 Å². The maximum atomic E-state index is 12.1. The highest BCUT2D eigenvalue weighted by atomic mass is 16.5. The first-order chi connectivity index (χ1) is 10.7. The highest BCUT2D eigenvalue weighted by Crippen LogP contribution is 2.30. The smallest absolute Gasteiger partial charge is 0.224 e. The van der Waals surface area contributed by atoms with E-state index in [4.69, 9.17) is 9.47 Å². The first-order valence-electron chi connectivity index (χ1n) is 7.16. The van der Waals surface area contributed by atoms with Gasteiger partial charge in [-0.3, -0.25) is 4.79 Å². The summed E-state index contributed by atoms with van der Waals surface area (Å²) in [5.41, 5.74) is 3.05. The van der Waals surface area contributed by atoms with E-state index in [1.165, 1.54) is 0 Å². The van der Waals surface area contributed by atoms with Crippen LogP contribution in [-0.4, -0.2) is 20.1 Å². The highest BCUT2D eigenvalue weighted by Gasteiger charge is 2.11. The van der Waals surface area contributed by atoms with Gasteiger partial charge in [0.05, 0.1) is 20.6 Å². The number of para-hydroxylation sites is 1. The lowest BCUT2D eigenvalue weighted by atomic mass is 10.1. The topological polar surface area (TPSA) is 47.6 Å². The van der Waals surface area contributed by atoms with Gasteiger partial charge in [-0.15, -0.1) is 0 Å². The van der Waals surface area contributed by atoms with Crippen LogP contribution in [0.3, 0.4) is 0 Å². The second-order valence-corrected chi connectivity index (χ2v) is 5.03. The second kappa shape index (κ2) is 7.50. The Morgan fingerprint density at radius 3 is 2.41 bits per heavy atom. The maximum Gasteiger partial charge on any atom is 0.224 e. The van der Waals surface area contributed by atoms with Gasteiger partial charge in [0.25, 0.3) is 0 Å². The lowest BCUT2D eigenvalue weighted by Gasteiger charge is -2.13. The Labute approximate surface area is 131 Å². The van der Waals surface area contributed by atoms with Crippen LogP contribution in [-0.2, 0) is 17.8 Å². The SMILES string of the molecule is COc1cccc(CNC(=O)Cc2ccccc2C)c1OC. The van der Waals surface area contributed by atoms with Crippen molar-refractivity contribution in [1.29, 1.82) is 0 Å². The summed E-state index contributed by atoms with van der Waals surface area (Å²) in [6, 6.07) is 13.5. The van der Waals surface area contributed by atoms with Crippen LogP contribution in [0.2, 0.25) is 0 Å². The molecule has 4 heteroatoms. The minimum atomic E-state index is -0.0147. The predicted molar refractivity (Wildman–Crippen MR) is 86.3 cm³/mol. The van der Waals surface area contributed by atoms with Crippen molar-refractivity contribution in [2.45, 2.75) is 19.9 Å². The van der Waals surface area contributed by atoms with Crippen molar-refractivity contribution in [2.75, 3.05) is 14.2 Å². The zero-order chi connectivity index (χ0) is 15.9. The van der Waals surface area contributed by atoms with Crippen molar-refractivity contribution in [3.63, 3.8) is 0 Å². The van der Waals surface area contributed by atoms with E-state index in [1.54, 1.807) is 14.2 Å². The molecular formula is C18H21NO3. The Kier molecular flexibility index (Phi) is 5.42. The Hall–Kier alpha value is -2.49. The molecule has 0 aromatic heterocycles. The summed E-state index contributed by atoms with van der Waals surface area (Å²) in [4.78, 5) is 12.1. The van der Waals surface area contributed by atoms with Crippen molar-refractivity contribution >= 4 is 5.91 Å². The molecule has 0 atom stereocenters. The molecule has 4 nitrogen and oxygen atoms in total. The summed E-state index contributed by atoms with van der Waals surface area (Å²) in [6.07, 6.45) is 0.374. The monoisotopic (exact) mass is 299 g/mol. The number of hydrogen-bond acceptors (Lipinski definition) is 3. The van der Waals surface area contributed by atoms with Crippen LogP contribution in [0, 0.1) is 6.92 Å². The standard InChI is InChI=1S/C18H21NO3/c1-13-7-4-5-8-14(13)11-17(20)19-12-15-9-6-10-16(21-2)18(15)22-3/h4-10H,11-12H2,1-3H3,(H,19,20). The van der Waals surface area contributed by atoms with Crippen LogP contribution in [0.1, 0.15) is 16.7 Å². The predicted octanol–water partition coefficient (Wildman–Crippen LogP) is 2.87. The van der Waals surface area contributed by atoms with E-state index in [-0.39, 0.29) is 5.91 Å². The first-order valence-corrected chi connectivity index (χ1v) is 7.16. The molecule has 22 heavy (non-hydrogen) atoms. The van der Waals surface area contributed by atoms with Crippen LogP contribution >= 0.6 is 0 Å². The third kappa shape index (κ3) is 3.79. The minimum absolute atomic E-state index is 0.0147. The number of hydrogen-bond donors (Lipinski definition) is 1. The van der Waals surface area contributed by atoms with Gasteiger partial charge in [-0.05, 0) is 24.1 Å². The summed E-state index contributed by atoms with van der Waals surface area (Å²) in [6.45, 7) is 2.42. The third-order valence-electron chi connectivity index (χ3n) is 3.57. The van der Waals surface area contributed by atoms with Gasteiger partial charge in [0.1, 0.15) is 0 Å². The van der Waals surface area contributed by atoms with E-state index in [9.17, 15) is 4.79 Å². The summed E-state index contributed by atoms with van der Waals surface area (Å²) in [5, 5.41) is 2.93. The molecule has 0 aliphatic heterocycles. The van der Waals surface area contributed by atoms with Crippen molar-refractivity contribution in [3.8, 4) is 11.5 Å². The van der Waals surface area contributed by atoms with E-state index >= 15 is 0 Å². The fourth-order valence-corrected chi connectivity index (χ4v) is 2.33. The molecule has 0 aliphatic carbocycles. The van der Waals surface area contributed by atoms with Gasteiger partial charge < -0.3 is 14.8 Å². The molecule has 2 aromatic carbocycles. The number of nitrogens with one attached hydrogen (secondary N) is 1. The van der Waals surface area contributed by atoms with Gasteiger partial charge in [-0.1, -0.05) is 36.4 Å². The van der Waals surface area contributed by atoms with E-state index < -0.39 is 0 Å². The number of benzene rings is 2. The zero-order valence-corrected chi connectivity index (χ0v) is 13.2. The molecule has 1 N–H and O–H groups in total. The molecule has 2 rings (SSSR count). The van der Waals surface area contributed by atoms with Crippen molar-refractivity contribution in [1.82, 2.24) is 5.32 Å². The molecule has 0 saturated carbocycles. The quantitative estimate of drug-likeness (QED) is 0.892. The van der Waals surface area contributed by atoms with E-state index in [0.717, 1.165) is 16.7 Å². The summed E-state index contributed by atoms with van der Waals surface area (Å²) >= 11 is 0. The molecule has 0 aliphatic rings. The molecule has 0 heterocycles. The van der Waals surface area contributed by atoms with Gasteiger partial charge in [-0.25, -0.2) is 0 Å². The van der Waals surface area contributed by atoms with Crippen LogP contribution in [0.4, 0.5) is 0 Å². The van der Waals surface area contributed by atoms with Gasteiger partial charge in [0.2, 0.25) is 5.91 Å². The van der Waals surface area contributed by atoms with Crippen LogP contribution in [0.5, 0.6) is 11.5 Å².